The lowest BCUT2D eigenvalue weighted by atomic mass is 10.2. The summed E-state index contributed by atoms with van der Waals surface area (Å²) in [6, 6.07) is 6.88. The van der Waals surface area contributed by atoms with E-state index in [9.17, 15) is 38.6 Å². The first-order valence-corrected chi connectivity index (χ1v) is 12.2. The minimum Gasteiger partial charge on any atom is -0.443 e. The first-order chi connectivity index (χ1) is 18.3. The predicted molar refractivity (Wildman–Crippen MR) is 163 cm³/mol. The molecule has 0 aliphatic carbocycles. The number of nitrogens with zero attached hydrogens (tertiary/aromatic N) is 4. The zero-order chi connectivity index (χ0) is 29.3. The van der Waals surface area contributed by atoms with Gasteiger partial charge in [-0.15, -0.1) is 0 Å². The Morgan fingerprint density at radius 3 is 1.76 bits per heavy atom. The zero-order valence-corrected chi connectivity index (χ0v) is 25.9. The number of hydrogen-bond donors (Lipinski definition) is 2. The third-order valence-electron chi connectivity index (χ3n) is 5.17. The molecule has 41 heavy (non-hydrogen) atoms. The van der Waals surface area contributed by atoms with Gasteiger partial charge in [-0.2, -0.15) is 27.0 Å². The van der Waals surface area contributed by atoms with E-state index in [0.717, 1.165) is 12.1 Å². The number of nitro benzene ring substituents is 2. The van der Waals surface area contributed by atoms with Crippen molar-refractivity contribution in [3.63, 3.8) is 0 Å². The number of anilines is 1. The highest BCUT2D eigenvalue weighted by atomic mass is 127. The number of nitrogens with one attached hydrogen (secondary N) is 1. The maximum absolute atomic E-state index is 13.6. The molecule has 0 spiro atoms. The van der Waals surface area contributed by atoms with Crippen molar-refractivity contribution in [1.29, 1.82) is 0 Å². The Bertz CT molecular complexity index is 1230. The van der Waals surface area contributed by atoms with Crippen molar-refractivity contribution in [2.24, 2.45) is 5.73 Å². The van der Waals surface area contributed by atoms with Crippen molar-refractivity contribution in [3.8, 4) is 0 Å². The largest absolute Gasteiger partial charge is 0.443 e. The van der Waals surface area contributed by atoms with Crippen molar-refractivity contribution in [2.75, 3.05) is 45.6 Å². The lowest BCUT2D eigenvalue weighted by molar-refractivity contribution is -0.385. The molecule has 2 aliphatic rings. The molecule has 14 nitrogen and oxygen atoms in total. The second-order valence-corrected chi connectivity index (χ2v) is 9.33. The second kappa shape index (κ2) is 17.6. The molecule has 2 atom stereocenters. The molecule has 2 saturated heterocycles. The van der Waals surface area contributed by atoms with Crippen LogP contribution in [-0.4, -0.2) is 84.3 Å². The van der Waals surface area contributed by atoms with Crippen LogP contribution in [0.3, 0.4) is 0 Å². The summed E-state index contributed by atoms with van der Waals surface area (Å²) < 4.78 is 36.3. The van der Waals surface area contributed by atoms with Crippen molar-refractivity contribution in [2.45, 2.75) is 12.2 Å². The summed E-state index contributed by atoms with van der Waals surface area (Å²) >= 11 is 1.77. The Morgan fingerprint density at radius 2 is 1.39 bits per heavy atom. The van der Waals surface area contributed by atoms with Gasteiger partial charge in [-0.25, -0.2) is 18.4 Å². The number of nitro groups is 2. The quantitative estimate of drug-likeness (QED) is 0.253. The minimum absolute atomic E-state index is 0. The van der Waals surface area contributed by atoms with Gasteiger partial charge in [-0.1, -0.05) is 0 Å². The number of benzene rings is 2. The highest BCUT2D eigenvalue weighted by Gasteiger charge is 2.28. The number of nitrogens with two attached hydrogens (primary N) is 1. The number of halogens is 3. The fourth-order valence-corrected chi connectivity index (χ4v) is 3.45. The van der Waals surface area contributed by atoms with E-state index in [2.05, 4.69) is 5.32 Å². The number of amides is 2. The Morgan fingerprint density at radius 1 is 0.927 bits per heavy atom. The Labute approximate surface area is 260 Å². The van der Waals surface area contributed by atoms with E-state index in [1.807, 2.05) is 0 Å². The molecule has 0 unspecified atom stereocenters. The standard InChI is InChI=1S/C11H12FN3O4.C6H3FINO2.C5H10N2O2.2H2S/c1-14-6-8(19-11(14)16)5-13-10-3-2-7(15(17)18)4-9(10)12;7-5-3-4(9(10)11)1-2-6(5)8;1-7-3-4(2-6)9-5(7)8;;/h2-4,8,13H,5-6H2,1H3;1-3H;4H,2-3,6H2,1H3;2*1H2/t8-;;4-;;/m0.0../s1. The monoisotopic (exact) mass is 734 g/mol. The van der Waals surface area contributed by atoms with Crippen LogP contribution in [0.4, 0.5) is 35.4 Å². The van der Waals surface area contributed by atoms with Gasteiger partial charge in [0.15, 0.2) is 5.82 Å². The first kappa shape index (κ1) is 37.8. The molecule has 2 amide bonds. The molecule has 2 fully saturated rings. The minimum atomic E-state index is -0.716. The molecule has 4 rings (SSSR count). The number of rotatable bonds is 6. The summed E-state index contributed by atoms with van der Waals surface area (Å²) in [5.41, 5.74) is 4.86. The van der Waals surface area contributed by atoms with Gasteiger partial charge in [0.1, 0.15) is 18.0 Å². The Kier molecular flexibility index (Phi) is 16.2. The summed E-state index contributed by atoms with van der Waals surface area (Å²) in [7, 11) is 3.30. The van der Waals surface area contributed by atoms with Gasteiger partial charge in [0.05, 0.1) is 47.3 Å². The molecule has 228 valence electrons. The fourth-order valence-electron chi connectivity index (χ4n) is 3.11. The smallest absolute Gasteiger partial charge is 0.410 e. The van der Waals surface area contributed by atoms with Gasteiger partial charge in [-0.3, -0.25) is 20.2 Å². The lowest BCUT2D eigenvalue weighted by Crippen LogP contribution is -2.24. The van der Waals surface area contributed by atoms with Crippen LogP contribution in [0.5, 0.6) is 0 Å². The summed E-state index contributed by atoms with van der Waals surface area (Å²) in [5.74, 6) is -1.27. The highest BCUT2D eigenvalue weighted by molar-refractivity contribution is 14.1. The van der Waals surface area contributed by atoms with Gasteiger partial charge in [0.25, 0.3) is 11.4 Å². The van der Waals surface area contributed by atoms with Gasteiger partial charge < -0.3 is 30.3 Å². The molecular weight excluding hydrogens is 705 g/mol. The molecule has 19 heteroatoms. The van der Waals surface area contributed by atoms with Crippen LogP contribution in [0.15, 0.2) is 36.4 Å². The first-order valence-electron chi connectivity index (χ1n) is 11.1. The van der Waals surface area contributed by atoms with E-state index in [0.29, 0.717) is 23.2 Å². The molecule has 0 radical (unpaired) electrons. The zero-order valence-electron chi connectivity index (χ0n) is 21.7. The normalized spacial score (nSPS) is 16.9. The highest BCUT2D eigenvalue weighted by Crippen LogP contribution is 2.21. The van der Waals surface area contributed by atoms with Gasteiger partial charge >= 0.3 is 12.2 Å². The molecule has 2 aromatic carbocycles. The number of non-ortho nitro benzene ring substituents is 2. The van der Waals surface area contributed by atoms with Crippen molar-refractivity contribution in [1.82, 2.24) is 9.80 Å². The average Bonchev–Trinajstić information content (AvgIpc) is 3.39. The molecule has 2 aromatic rings. The van der Waals surface area contributed by atoms with E-state index in [1.165, 1.54) is 34.1 Å². The average molecular weight is 735 g/mol. The van der Waals surface area contributed by atoms with Crippen LogP contribution >= 0.6 is 49.6 Å². The maximum Gasteiger partial charge on any atom is 0.410 e. The van der Waals surface area contributed by atoms with Crippen LogP contribution in [0.25, 0.3) is 0 Å². The third kappa shape index (κ3) is 11.7. The number of likely N-dealkylation sites (N-methyl/N-ethyl adjacent to an activating group) is 2. The van der Waals surface area contributed by atoms with Crippen molar-refractivity contribution < 1.29 is 37.7 Å². The SMILES string of the molecule is CN1C[C@H](CN)OC1=O.CN1C[C@H](CNc2ccc([N+](=O)[O-])cc2F)OC1=O.O=[N+]([O-])c1ccc(I)c(F)c1.S.S. The van der Waals surface area contributed by atoms with Gasteiger partial charge in [-0.05, 0) is 34.7 Å². The summed E-state index contributed by atoms with van der Waals surface area (Å²) in [4.78, 5) is 43.9. The molecule has 2 aliphatic heterocycles. The van der Waals surface area contributed by atoms with Crippen molar-refractivity contribution >= 4 is 78.8 Å². The van der Waals surface area contributed by atoms with E-state index in [1.54, 1.807) is 36.7 Å². The molecule has 0 aromatic heterocycles. The fraction of sp³-hybridized carbons (Fsp3) is 0.364. The van der Waals surface area contributed by atoms with Crippen LogP contribution in [-0.2, 0) is 9.47 Å². The molecule has 0 saturated carbocycles. The van der Waals surface area contributed by atoms with Crippen LogP contribution in [0.1, 0.15) is 0 Å². The van der Waals surface area contributed by atoms with Gasteiger partial charge in [0, 0.05) is 36.3 Å². The van der Waals surface area contributed by atoms with E-state index in [-0.39, 0.29) is 68.9 Å². The Balaban J connectivity index is 0.000000623. The van der Waals surface area contributed by atoms with E-state index >= 15 is 0 Å². The molecular formula is C22H29F2IN6O8S2. The topological polar surface area (TPSA) is 183 Å². The lowest BCUT2D eigenvalue weighted by Gasteiger charge is -2.11. The number of carbonyl (C=O) groups excluding carboxylic acids is 2. The van der Waals surface area contributed by atoms with Crippen LogP contribution < -0.4 is 11.1 Å². The third-order valence-corrected chi connectivity index (χ3v) is 6.05. The number of hydrogen-bond acceptors (Lipinski definition) is 10. The van der Waals surface area contributed by atoms with Crippen molar-refractivity contribution in [3.05, 3.63) is 71.8 Å². The molecule has 2 heterocycles. The number of carbonyl (C=O) groups is 2. The summed E-state index contributed by atoms with van der Waals surface area (Å²) in [6.45, 7) is 1.69. The van der Waals surface area contributed by atoms with E-state index < -0.39 is 27.6 Å². The number of ether oxygens (including phenoxy) is 2. The number of cyclic esters (lactones) is 2. The second-order valence-electron chi connectivity index (χ2n) is 8.17. The summed E-state index contributed by atoms with van der Waals surface area (Å²) in [5, 5.41) is 23.3. The summed E-state index contributed by atoms with van der Waals surface area (Å²) in [6.07, 6.45) is -1.16. The van der Waals surface area contributed by atoms with Crippen LogP contribution in [0.2, 0.25) is 0 Å². The van der Waals surface area contributed by atoms with Gasteiger partial charge in [0.2, 0.25) is 0 Å². The maximum atomic E-state index is 13.6. The van der Waals surface area contributed by atoms with E-state index in [4.69, 9.17) is 15.2 Å². The molecule has 3 N–H and O–H groups in total. The van der Waals surface area contributed by atoms with Crippen LogP contribution in [0, 0.1) is 35.4 Å². The molecule has 0 bridgehead atoms. The Hall–Kier alpha value is -3.17. The predicted octanol–water partition coefficient (Wildman–Crippen LogP) is 3.56.